The Morgan fingerprint density at radius 1 is 0.750 bits per heavy atom. The maximum absolute atomic E-state index is 6.06. The molecule has 2 heterocycles. The molecule has 0 N–H and O–H groups in total. The number of aryl methyl sites for hydroxylation is 1. The van der Waals surface area contributed by atoms with E-state index in [4.69, 9.17) is 4.42 Å². The van der Waals surface area contributed by atoms with E-state index in [-0.39, 0.29) is 0 Å². The number of para-hydroxylation sites is 1. The average Bonchev–Trinajstić information content (AvgIpc) is 3.09. The Hall–Kier alpha value is -2.74. The quantitative estimate of drug-likeness (QED) is 0.352. The van der Waals surface area contributed by atoms with Crippen molar-refractivity contribution in [2.45, 2.75) is 19.8 Å². The van der Waals surface area contributed by atoms with Crippen LogP contribution >= 0.6 is 0 Å². The van der Waals surface area contributed by atoms with Gasteiger partial charge in [0.15, 0.2) is 0 Å². The van der Waals surface area contributed by atoms with Gasteiger partial charge in [-0.1, -0.05) is 44.2 Å². The van der Waals surface area contributed by atoms with E-state index in [1.165, 1.54) is 38.1 Å². The van der Waals surface area contributed by atoms with E-state index in [0.29, 0.717) is 5.92 Å². The lowest BCUT2D eigenvalue weighted by Gasteiger charge is -2.06. The summed E-state index contributed by atoms with van der Waals surface area (Å²) in [4.78, 5) is 0. The average molecular weight is 313 g/mol. The molecule has 0 unspecified atom stereocenters. The Bertz CT molecular complexity index is 1240. The lowest BCUT2D eigenvalue weighted by molar-refractivity contribution is 0.669. The lowest BCUT2D eigenvalue weighted by atomic mass is 10.0. The molecule has 0 atom stereocenters. The Morgan fingerprint density at radius 2 is 1.54 bits per heavy atom. The van der Waals surface area contributed by atoms with Crippen molar-refractivity contribution in [3.05, 3.63) is 60.2 Å². The van der Waals surface area contributed by atoms with E-state index in [1.54, 1.807) is 0 Å². The number of rotatable bonds is 1. The van der Waals surface area contributed by atoms with Gasteiger partial charge in [0, 0.05) is 40.2 Å². The molecular weight excluding hydrogens is 294 g/mol. The van der Waals surface area contributed by atoms with E-state index in [0.717, 1.165) is 11.2 Å². The monoisotopic (exact) mass is 313 g/mol. The molecule has 0 saturated heterocycles. The first-order valence-corrected chi connectivity index (χ1v) is 8.47. The Morgan fingerprint density at radius 3 is 2.38 bits per heavy atom. The summed E-state index contributed by atoms with van der Waals surface area (Å²) in [5.41, 5.74) is 5.79. The van der Waals surface area contributed by atoms with Gasteiger partial charge in [-0.05, 0) is 29.7 Å². The van der Waals surface area contributed by atoms with Gasteiger partial charge >= 0.3 is 0 Å². The molecule has 0 bridgehead atoms. The zero-order valence-corrected chi connectivity index (χ0v) is 14.1. The maximum Gasteiger partial charge on any atom is 0.137 e. The summed E-state index contributed by atoms with van der Waals surface area (Å²) in [6, 6.07) is 19.6. The fraction of sp³-hybridized carbons (Fsp3) is 0.182. The molecule has 2 nitrogen and oxygen atoms in total. The first-order valence-electron chi connectivity index (χ1n) is 8.47. The number of furan rings is 1. The second-order valence-corrected chi connectivity index (χ2v) is 6.95. The van der Waals surface area contributed by atoms with E-state index in [1.807, 2.05) is 12.1 Å². The van der Waals surface area contributed by atoms with Gasteiger partial charge in [-0.2, -0.15) is 0 Å². The molecule has 5 rings (SSSR count). The molecule has 0 spiro atoms. The van der Waals surface area contributed by atoms with Crippen LogP contribution in [0, 0.1) is 0 Å². The molecule has 0 amide bonds. The molecule has 5 aromatic rings. The van der Waals surface area contributed by atoms with Crippen molar-refractivity contribution in [3.63, 3.8) is 0 Å². The van der Waals surface area contributed by atoms with Gasteiger partial charge in [-0.3, -0.25) is 0 Å². The van der Waals surface area contributed by atoms with Crippen LogP contribution < -0.4 is 0 Å². The second-order valence-electron chi connectivity index (χ2n) is 6.95. The molecule has 2 heteroatoms. The SMILES string of the molecule is CC(C)c1ccc2c3cc4c(cc3n(C)c2c1)oc1ccccc14. The number of benzene rings is 3. The van der Waals surface area contributed by atoms with Crippen molar-refractivity contribution in [2.75, 3.05) is 0 Å². The third-order valence-electron chi connectivity index (χ3n) is 5.20. The maximum atomic E-state index is 6.06. The van der Waals surface area contributed by atoms with Crippen molar-refractivity contribution in [2.24, 2.45) is 7.05 Å². The fourth-order valence-corrected chi connectivity index (χ4v) is 3.80. The summed E-state index contributed by atoms with van der Waals surface area (Å²) < 4.78 is 8.34. The number of aromatic nitrogens is 1. The normalized spacial score (nSPS) is 12.3. The van der Waals surface area contributed by atoms with Gasteiger partial charge < -0.3 is 8.98 Å². The van der Waals surface area contributed by atoms with E-state index >= 15 is 0 Å². The highest BCUT2D eigenvalue weighted by atomic mass is 16.3. The van der Waals surface area contributed by atoms with Gasteiger partial charge in [0.25, 0.3) is 0 Å². The van der Waals surface area contributed by atoms with Crippen LogP contribution in [0.4, 0.5) is 0 Å². The van der Waals surface area contributed by atoms with Crippen molar-refractivity contribution < 1.29 is 4.42 Å². The van der Waals surface area contributed by atoms with Gasteiger partial charge in [-0.15, -0.1) is 0 Å². The van der Waals surface area contributed by atoms with Crippen molar-refractivity contribution in [1.82, 2.24) is 4.57 Å². The highest BCUT2D eigenvalue weighted by molar-refractivity contribution is 6.16. The number of hydrogen-bond donors (Lipinski definition) is 0. The summed E-state index contributed by atoms with van der Waals surface area (Å²) in [7, 11) is 2.14. The van der Waals surface area contributed by atoms with E-state index in [9.17, 15) is 0 Å². The predicted octanol–water partition coefficient (Wildman–Crippen LogP) is 6.35. The smallest absolute Gasteiger partial charge is 0.137 e. The summed E-state index contributed by atoms with van der Waals surface area (Å²) in [6.45, 7) is 4.48. The van der Waals surface area contributed by atoms with Gasteiger partial charge in [0.2, 0.25) is 0 Å². The standard InChI is InChI=1S/C22H19NO/c1-13(2)14-8-9-15-17-11-18-16-6-4-5-7-21(16)24-22(18)12-20(17)23(3)19(15)10-14/h4-13H,1-3H3. The van der Waals surface area contributed by atoms with Crippen LogP contribution in [0.2, 0.25) is 0 Å². The molecule has 0 aliphatic carbocycles. The topological polar surface area (TPSA) is 18.1 Å². The summed E-state index contributed by atoms with van der Waals surface area (Å²) in [6.07, 6.45) is 0. The molecular formula is C22H19NO. The minimum atomic E-state index is 0.535. The van der Waals surface area contributed by atoms with Gasteiger partial charge in [0.1, 0.15) is 11.2 Å². The van der Waals surface area contributed by atoms with Crippen LogP contribution in [0.15, 0.2) is 59.0 Å². The summed E-state index contributed by atoms with van der Waals surface area (Å²) in [5, 5.41) is 4.98. The molecule has 0 radical (unpaired) electrons. The number of fused-ring (bicyclic) bond motifs is 6. The van der Waals surface area contributed by atoms with Gasteiger partial charge in [0.05, 0.1) is 5.52 Å². The van der Waals surface area contributed by atoms with Crippen molar-refractivity contribution in [3.8, 4) is 0 Å². The molecule has 2 aromatic heterocycles. The number of nitrogens with zero attached hydrogens (tertiary/aromatic N) is 1. The van der Waals surface area contributed by atoms with Crippen LogP contribution in [0.3, 0.4) is 0 Å². The third kappa shape index (κ3) is 1.71. The second kappa shape index (κ2) is 4.64. The molecule has 0 saturated carbocycles. The molecule has 0 aliphatic rings. The molecule has 0 aliphatic heterocycles. The minimum Gasteiger partial charge on any atom is -0.456 e. The van der Waals surface area contributed by atoms with Crippen molar-refractivity contribution >= 4 is 43.7 Å². The van der Waals surface area contributed by atoms with Gasteiger partial charge in [-0.25, -0.2) is 0 Å². The molecule has 118 valence electrons. The Balaban J connectivity index is 1.95. The zero-order chi connectivity index (χ0) is 16.4. The Labute approximate surface area is 140 Å². The van der Waals surface area contributed by atoms with Crippen LogP contribution in [0.1, 0.15) is 25.3 Å². The van der Waals surface area contributed by atoms with E-state index in [2.05, 4.69) is 67.9 Å². The minimum absolute atomic E-state index is 0.535. The van der Waals surface area contributed by atoms with Crippen LogP contribution in [-0.2, 0) is 7.05 Å². The van der Waals surface area contributed by atoms with E-state index < -0.39 is 0 Å². The van der Waals surface area contributed by atoms with Crippen LogP contribution in [0.25, 0.3) is 43.7 Å². The third-order valence-corrected chi connectivity index (χ3v) is 5.20. The first kappa shape index (κ1) is 13.7. The van der Waals surface area contributed by atoms with Crippen LogP contribution in [0.5, 0.6) is 0 Å². The highest BCUT2D eigenvalue weighted by Gasteiger charge is 2.14. The Kier molecular flexibility index (Phi) is 2.64. The molecule has 0 fully saturated rings. The zero-order valence-electron chi connectivity index (χ0n) is 14.1. The lowest BCUT2D eigenvalue weighted by Crippen LogP contribution is -1.90. The molecule has 24 heavy (non-hydrogen) atoms. The largest absolute Gasteiger partial charge is 0.456 e. The molecule has 3 aromatic carbocycles. The van der Waals surface area contributed by atoms with Crippen LogP contribution in [-0.4, -0.2) is 4.57 Å². The number of hydrogen-bond acceptors (Lipinski definition) is 1. The first-order chi connectivity index (χ1) is 11.6. The van der Waals surface area contributed by atoms with Crippen molar-refractivity contribution in [1.29, 1.82) is 0 Å². The predicted molar refractivity (Wildman–Crippen MR) is 102 cm³/mol. The summed E-state index contributed by atoms with van der Waals surface area (Å²) >= 11 is 0. The fourth-order valence-electron chi connectivity index (χ4n) is 3.80. The summed E-state index contributed by atoms with van der Waals surface area (Å²) in [5.74, 6) is 0.535. The highest BCUT2D eigenvalue weighted by Crippen LogP contribution is 2.36.